The van der Waals surface area contributed by atoms with E-state index in [0.717, 1.165) is 17.5 Å². The Morgan fingerprint density at radius 1 is 1.30 bits per heavy atom. The predicted octanol–water partition coefficient (Wildman–Crippen LogP) is 2.69. The number of hydrogen-bond acceptors (Lipinski definition) is 4. The molecule has 1 heterocycles. The predicted molar refractivity (Wildman–Crippen MR) is 76.0 cm³/mol. The summed E-state index contributed by atoms with van der Waals surface area (Å²) in [6, 6.07) is 3.78. The second-order valence-corrected chi connectivity index (χ2v) is 4.41. The third-order valence-corrected chi connectivity index (χ3v) is 3.34. The van der Waals surface area contributed by atoms with E-state index in [1.165, 1.54) is 0 Å². The highest BCUT2D eigenvalue weighted by Crippen LogP contribution is 2.37. The van der Waals surface area contributed by atoms with Crippen molar-refractivity contribution in [2.24, 2.45) is 0 Å². The first-order chi connectivity index (χ1) is 9.62. The van der Waals surface area contributed by atoms with Crippen LogP contribution in [0.2, 0.25) is 0 Å². The monoisotopic (exact) mass is 277 g/mol. The second-order valence-electron chi connectivity index (χ2n) is 4.41. The van der Waals surface area contributed by atoms with E-state index in [-0.39, 0.29) is 6.09 Å². The molecule has 0 bridgehead atoms. The van der Waals surface area contributed by atoms with E-state index in [2.05, 4.69) is 6.58 Å². The lowest BCUT2D eigenvalue weighted by atomic mass is 9.96. The number of hydrogen-bond donors (Lipinski definition) is 0. The van der Waals surface area contributed by atoms with Crippen LogP contribution in [0.25, 0.3) is 5.70 Å². The SMILES string of the molecule is C=C1c2cc(OC)c(OC)cc2CCN1C(=O)OCC. The van der Waals surface area contributed by atoms with Crippen molar-refractivity contribution in [1.82, 2.24) is 4.90 Å². The Bertz CT molecular complexity index is 539. The Balaban J connectivity index is 2.36. The third kappa shape index (κ3) is 2.43. The third-order valence-electron chi connectivity index (χ3n) is 3.34. The Hall–Kier alpha value is -2.17. The van der Waals surface area contributed by atoms with Gasteiger partial charge in [0, 0.05) is 17.8 Å². The van der Waals surface area contributed by atoms with Crippen molar-refractivity contribution in [1.29, 1.82) is 0 Å². The lowest BCUT2D eigenvalue weighted by Gasteiger charge is -2.30. The van der Waals surface area contributed by atoms with Gasteiger partial charge in [0.2, 0.25) is 0 Å². The van der Waals surface area contributed by atoms with Crippen LogP contribution in [0.15, 0.2) is 18.7 Å². The van der Waals surface area contributed by atoms with Crippen LogP contribution >= 0.6 is 0 Å². The summed E-state index contributed by atoms with van der Waals surface area (Å²) >= 11 is 0. The number of carbonyl (C=O) groups is 1. The molecule has 0 saturated heterocycles. The normalized spacial score (nSPS) is 13.8. The summed E-state index contributed by atoms with van der Waals surface area (Å²) in [5.41, 5.74) is 2.61. The number of carbonyl (C=O) groups excluding carboxylic acids is 1. The van der Waals surface area contributed by atoms with Gasteiger partial charge >= 0.3 is 6.09 Å². The summed E-state index contributed by atoms with van der Waals surface area (Å²) in [6.45, 7) is 6.69. The van der Waals surface area contributed by atoms with Gasteiger partial charge in [0.25, 0.3) is 0 Å². The summed E-state index contributed by atoms with van der Waals surface area (Å²) in [5, 5.41) is 0. The minimum atomic E-state index is -0.363. The van der Waals surface area contributed by atoms with Gasteiger partial charge in [-0.3, -0.25) is 4.90 Å². The summed E-state index contributed by atoms with van der Waals surface area (Å²) in [6.07, 6.45) is 0.367. The average molecular weight is 277 g/mol. The standard InChI is InChI=1S/C15H19NO4/c1-5-20-15(17)16-7-6-11-8-13(18-3)14(19-4)9-12(11)10(16)2/h8-9H,2,5-7H2,1,3-4H3. The molecule has 20 heavy (non-hydrogen) atoms. The van der Waals surface area contributed by atoms with Gasteiger partial charge in [-0.05, 0) is 31.0 Å². The van der Waals surface area contributed by atoms with E-state index in [0.29, 0.717) is 30.3 Å². The molecule has 1 amide bonds. The molecular weight excluding hydrogens is 258 g/mol. The first-order valence-electron chi connectivity index (χ1n) is 6.50. The fourth-order valence-corrected chi connectivity index (χ4v) is 2.31. The van der Waals surface area contributed by atoms with Crippen LogP contribution in [0.4, 0.5) is 4.79 Å². The lowest BCUT2D eigenvalue weighted by Crippen LogP contribution is -2.35. The molecule has 0 unspecified atom stereocenters. The Labute approximate surface area is 118 Å². The molecule has 0 saturated carbocycles. The van der Waals surface area contributed by atoms with Crippen molar-refractivity contribution >= 4 is 11.8 Å². The maximum Gasteiger partial charge on any atom is 0.414 e. The Morgan fingerprint density at radius 2 is 1.95 bits per heavy atom. The summed E-state index contributed by atoms with van der Waals surface area (Å²) in [4.78, 5) is 13.4. The molecule has 108 valence electrons. The van der Waals surface area contributed by atoms with Gasteiger partial charge in [0.15, 0.2) is 11.5 Å². The molecule has 1 aliphatic heterocycles. The Kier molecular flexibility index (Phi) is 4.17. The van der Waals surface area contributed by atoms with Crippen molar-refractivity contribution in [3.8, 4) is 11.5 Å². The maximum absolute atomic E-state index is 11.9. The number of amides is 1. The van der Waals surface area contributed by atoms with Crippen LogP contribution in [0.1, 0.15) is 18.1 Å². The summed E-state index contributed by atoms with van der Waals surface area (Å²) in [5.74, 6) is 1.31. The highest BCUT2D eigenvalue weighted by molar-refractivity contribution is 5.84. The number of nitrogens with zero attached hydrogens (tertiary/aromatic N) is 1. The largest absolute Gasteiger partial charge is 0.493 e. The number of ether oxygens (including phenoxy) is 3. The van der Waals surface area contributed by atoms with Crippen molar-refractivity contribution in [2.45, 2.75) is 13.3 Å². The molecule has 0 fully saturated rings. The summed E-state index contributed by atoms with van der Waals surface area (Å²) < 4.78 is 15.6. The van der Waals surface area contributed by atoms with Gasteiger partial charge in [-0.1, -0.05) is 6.58 Å². The Morgan fingerprint density at radius 3 is 2.55 bits per heavy atom. The van der Waals surface area contributed by atoms with Crippen LogP contribution in [0.5, 0.6) is 11.5 Å². The summed E-state index contributed by atoms with van der Waals surface area (Å²) in [7, 11) is 3.19. The fourth-order valence-electron chi connectivity index (χ4n) is 2.31. The van der Waals surface area contributed by atoms with Crippen molar-refractivity contribution in [2.75, 3.05) is 27.4 Å². The molecule has 2 rings (SSSR count). The van der Waals surface area contributed by atoms with Crippen molar-refractivity contribution in [3.63, 3.8) is 0 Å². The van der Waals surface area contributed by atoms with Crippen LogP contribution in [-0.4, -0.2) is 38.4 Å². The zero-order valence-corrected chi connectivity index (χ0v) is 12.1. The van der Waals surface area contributed by atoms with E-state index in [9.17, 15) is 4.79 Å². The molecule has 5 heteroatoms. The van der Waals surface area contributed by atoms with E-state index in [1.54, 1.807) is 26.0 Å². The maximum atomic E-state index is 11.9. The van der Waals surface area contributed by atoms with Crippen molar-refractivity contribution in [3.05, 3.63) is 29.8 Å². The van der Waals surface area contributed by atoms with E-state index in [4.69, 9.17) is 14.2 Å². The highest BCUT2D eigenvalue weighted by Gasteiger charge is 2.27. The topological polar surface area (TPSA) is 48.0 Å². The quantitative estimate of drug-likeness (QED) is 0.852. The van der Waals surface area contributed by atoms with E-state index in [1.807, 2.05) is 12.1 Å². The first-order valence-corrected chi connectivity index (χ1v) is 6.50. The molecule has 0 aromatic heterocycles. The van der Waals surface area contributed by atoms with Crippen molar-refractivity contribution < 1.29 is 19.0 Å². The molecule has 1 aromatic rings. The molecule has 1 aliphatic rings. The van der Waals surface area contributed by atoms with Gasteiger partial charge in [0.1, 0.15) is 0 Å². The lowest BCUT2D eigenvalue weighted by molar-refractivity contribution is 0.125. The average Bonchev–Trinajstić information content (AvgIpc) is 2.46. The zero-order valence-electron chi connectivity index (χ0n) is 12.1. The van der Waals surface area contributed by atoms with Crippen LogP contribution < -0.4 is 9.47 Å². The van der Waals surface area contributed by atoms with Gasteiger partial charge in [0.05, 0.1) is 20.8 Å². The fraction of sp³-hybridized carbons (Fsp3) is 0.400. The molecule has 0 spiro atoms. The van der Waals surface area contributed by atoms with E-state index >= 15 is 0 Å². The van der Waals surface area contributed by atoms with Gasteiger partial charge in [-0.15, -0.1) is 0 Å². The number of rotatable bonds is 3. The van der Waals surface area contributed by atoms with E-state index < -0.39 is 0 Å². The van der Waals surface area contributed by atoms with Crippen LogP contribution in [0, 0.1) is 0 Å². The molecule has 0 aliphatic carbocycles. The van der Waals surface area contributed by atoms with Gasteiger partial charge < -0.3 is 14.2 Å². The molecule has 0 radical (unpaired) electrons. The second kappa shape index (κ2) is 5.86. The highest BCUT2D eigenvalue weighted by atomic mass is 16.6. The first kappa shape index (κ1) is 14.2. The van der Waals surface area contributed by atoms with Gasteiger partial charge in [-0.2, -0.15) is 0 Å². The number of methoxy groups -OCH3 is 2. The molecule has 1 aromatic carbocycles. The number of fused-ring (bicyclic) bond motifs is 1. The van der Waals surface area contributed by atoms with Gasteiger partial charge in [-0.25, -0.2) is 4.79 Å². The smallest absolute Gasteiger partial charge is 0.414 e. The molecule has 5 nitrogen and oxygen atoms in total. The van der Waals surface area contributed by atoms with Crippen LogP contribution in [0.3, 0.4) is 0 Å². The molecule has 0 N–H and O–H groups in total. The minimum Gasteiger partial charge on any atom is -0.493 e. The zero-order chi connectivity index (χ0) is 14.7. The molecule has 0 atom stereocenters. The minimum absolute atomic E-state index is 0.349. The number of benzene rings is 1. The van der Waals surface area contributed by atoms with Crippen LogP contribution in [-0.2, 0) is 11.2 Å². The molecular formula is C15H19NO4.